The largest absolute Gasteiger partial charge is 0.504 e. The van der Waals surface area contributed by atoms with E-state index in [0.717, 1.165) is 6.07 Å². The van der Waals surface area contributed by atoms with Crippen LogP contribution in [0.5, 0.6) is 11.5 Å². The Labute approximate surface area is 126 Å². The average molecular weight is 299 g/mol. The number of carbonyl (C=O) groups excluding carboxylic acids is 1. The molecule has 0 saturated heterocycles. The molecule has 0 radical (unpaired) electrons. The fraction of sp³-hybridized carbons (Fsp3) is 0.0625. The zero-order valence-electron chi connectivity index (χ0n) is 11.7. The van der Waals surface area contributed by atoms with E-state index in [9.17, 15) is 20.0 Å². The van der Waals surface area contributed by atoms with Crippen molar-refractivity contribution in [2.24, 2.45) is 0 Å². The monoisotopic (exact) mass is 299 g/mol. The summed E-state index contributed by atoms with van der Waals surface area (Å²) in [5.74, 6) is -0.525. The lowest BCUT2D eigenvalue weighted by molar-refractivity contribution is -0.385. The summed E-state index contributed by atoms with van der Waals surface area (Å²) >= 11 is 0. The number of ketones is 1. The maximum Gasteiger partial charge on any atom is 0.280 e. The lowest BCUT2D eigenvalue weighted by Gasteiger charge is -2.05. The topological polar surface area (TPSA) is 89.7 Å². The van der Waals surface area contributed by atoms with Crippen molar-refractivity contribution < 1.29 is 19.6 Å². The minimum Gasteiger partial charge on any atom is -0.504 e. The van der Waals surface area contributed by atoms with Crippen molar-refractivity contribution in [3.05, 3.63) is 69.8 Å². The van der Waals surface area contributed by atoms with Crippen molar-refractivity contribution in [3.63, 3.8) is 0 Å². The normalized spacial score (nSPS) is 10.6. The maximum atomic E-state index is 12.0. The molecule has 0 amide bonds. The quantitative estimate of drug-likeness (QED) is 0.396. The molecule has 6 nitrogen and oxygen atoms in total. The van der Waals surface area contributed by atoms with Crippen molar-refractivity contribution in [2.75, 3.05) is 7.11 Å². The number of ether oxygens (including phenoxy) is 1. The van der Waals surface area contributed by atoms with Crippen LogP contribution in [-0.2, 0) is 0 Å². The summed E-state index contributed by atoms with van der Waals surface area (Å²) in [7, 11) is 1.30. The summed E-state index contributed by atoms with van der Waals surface area (Å²) in [6, 6.07) is 10.8. The molecule has 0 unspecified atom stereocenters. The van der Waals surface area contributed by atoms with Crippen LogP contribution in [0.25, 0.3) is 6.08 Å². The Balaban J connectivity index is 2.36. The van der Waals surface area contributed by atoms with Gasteiger partial charge in [0.25, 0.3) is 5.69 Å². The van der Waals surface area contributed by atoms with Crippen molar-refractivity contribution in [3.8, 4) is 11.5 Å². The van der Waals surface area contributed by atoms with Crippen molar-refractivity contribution >= 4 is 17.5 Å². The zero-order valence-corrected chi connectivity index (χ0v) is 11.7. The number of nitrogens with zero attached hydrogens (tertiary/aromatic N) is 1. The molecule has 2 aromatic carbocycles. The van der Waals surface area contributed by atoms with Gasteiger partial charge < -0.3 is 9.84 Å². The lowest BCUT2D eigenvalue weighted by Crippen LogP contribution is -1.96. The highest BCUT2D eigenvalue weighted by Crippen LogP contribution is 2.34. The first-order valence-corrected chi connectivity index (χ1v) is 6.35. The molecule has 0 atom stereocenters. The molecule has 0 bridgehead atoms. The molecule has 0 aliphatic heterocycles. The van der Waals surface area contributed by atoms with E-state index in [0.29, 0.717) is 5.56 Å². The predicted molar refractivity (Wildman–Crippen MR) is 81.1 cm³/mol. The third-order valence-corrected chi connectivity index (χ3v) is 3.00. The molecule has 112 valence electrons. The molecule has 2 aromatic rings. The molecule has 0 aliphatic rings. The predicted octanol–water partition coefficient (Wildman–Crippen LogP) is 3.21. The van der Waals surface area contributed by atoms with Gasteiger partial charge in [-0.05, 0) is 18.2 Å². The number of aromatic hydroxyl groups is 1. The van der Waals surface area contributed by atoms with Gasteiger partial charge in [-0.3, -0.25) is 14.9 Å². The van der Waals surface area contributed by atoms with Gasteiger partial charge in [0.2, 0.25) is 0 Å². The fourth-order valence-electron chi connectivity index (χ4n) is 1.89. The second-order valence-electron chi connectivity index (χ2n) is 4.40. The van der Waals surface area contributed by atoms with Gasteiger partial charge in [-0.25, -0.2) is 0 Å². The van der Waals surface area contributed by atoms with E-state index in [1.54, 1.807) is 30.3 Å². The average Bonchev–Trinajstić information content (AvgIpc) is 2.53. The van der Waals surface area contributed by atoms with Gasteiger partial charge in [0.15, 0.2) is 17.3 Å². The Morgan fingerprint density at radius 1 is 1.27 bits per heavy atom. The van der Waals surface area contributed by atoms with Crippen LogP contribution in [0, 0.1) is 10.1 Å². The van der Waals surface area contributed by atoms with Gasteiger partial charge in [-0.2, -0.15) is 0 Å². The first-order chi connectivity index (χ1) is 10.5. The SMILES string of the molecule is COc1cc([N+](=O)[O-])c(/C=C/C(=O)c2ccccc2)cc1O. The van der Waals surface area contributed by atoms with Crippen molar-refractivity contribution in [1.29, 1.82) is 0 Å². The highest BCUT2D eigenvalue weighted by atomic mass is 16.6. The Kier molecular flexibility index (Phi) is 4.53. The Morgan fingerprint density at radius 2 is 1.95 bits per heavy atom. The maximum absolute atomic E-state index is 12.0. The standard InChI is InChI=1S/C16H13NO5/c1-22-16-10-13(17(20)21)12(9-15(16)19)7-8-14(18)11-5-3-2-4-6-11/h2-10,19H,1H3/b8-7+. The van der Waals surface area contributed by atoms with E-state index in [-0.39, 0.29) is 28.5 Å². The molecule has 1 N–H and O–H groups in total. The first kappa shape index (κ1) is 15.2. The Bertz CT molecular complexity index is 738. The van der Waals surface area contributed by atoms with Crippen LogP contribution >= 0.6 is 0 Å². The molecule has 0 aromatic heterocycles. The first-order valence-electron chi connectivity index (χ1n) is 6.35. The number of hydrogen-bond acceptors (Lipinski definition) is 5. The zero-order chi connectivity index (χ0) is 16.1. The lowest BCUT2D eigenvalue weighted by atomic mass is 10.1. The summed E-state index contributed by atoms with van der Waals surface area (Å²) in [5.41, 5.74) is 0.332. The van der Waals surface area contributed by atoms with E-state index < -0.39 is 4.92 Å². The van der Waals surface area contributed by atoms with Crippen LogP contribution in [0.4, 0.5) is 5.69 Å². The highest BCUT2D eigenvalue weighted by Gasteiger charge is 2.17. The molecule has 22 heavy (non-hydrogen) atoms. The number of methoxy groups -OCH3 is 1. The molecule has 0 heterocycles. The molecular weight excluding hydrogens is 286 g/mol. The fourth-order valence-corrected chi connectivity index (χ4v) is 1.89. The Morgan fingerprint density at radius 3 is 2.55 bits per heavy atom. The molecule has 0 fully saturated rings. The summed E-state index contributed by atoms with van der Waals surface area (Å²) < 4.78 is 4.84. The number of rotatable bonds is 5. The third kappa shape index (κ3) is 3.29. The van der Waals surface area contributed by atoms with Crippen LogP contribution < -0.4 is 4.74 Å². The number of hydrogen-bond donors (Lipinski definition) is 1. The molecule has 0 spiro atoms. The van der Waals surface area contributed by atoms with E-state index in [1.165, 1.54) is 25.3 Å². The molecule has 6 heteroatoms. The minimum atomic E-state index is -0.603. The van der Waals surface area contributed by atoms with Gasteiger partial charge in [-0.15, -0.1) is 0 Å². The van der Waals surface area contributed by atoms with E-state index >= 15 is 0 Å². The van der Waals surface area contributed by atoms with Gasteiger partial charge in [-0.1, -0.05) is 30.3 Å². The van der Waals surface area contributed by atoms with Gasteiger partial charge in [0.05, 0.1) is 23.7 Å². The van der Waals surface area contributed by atoms with Crippen molar-refractivity contribution in [1.82, 2.24) is 0 Å². The van der Waals surface area contributed by atoms with Gasteiger partial charge in [0.1, 0.15) is 0 Å². The summed E-state index contributed by atoms with van der Waals surface area (Å²) in [6.45, 7) is 0. The molecule has 2 rings (SSSR count). The second kappa shape index (κ2) is 6.53. The smallest absolute Gasteiger partial charge is 0.280 e. The number of nitro groups is 1. The van der Waals surface area contributed by atoms with Crippen LogP contribution in [0.2, 0.25) is 0 Å². The van der Waals surface area contributed by atoms with Gasteiger partial charge >= 0.3 is 0 Å². The van der Waals surface area contributed by atoms with E-state index in [4.69, 9.17) is 4.74 Å². The number of carbonyl (C=O) groups is 1. The van der Waals surface area contributed by atoms with Gasteiger partial charge in [0, 0.05) is 5.56 Å². The minimum absolute atomic E-state index is 0.00163. The number of phenolic OH excluding ortho intramolecular Hbond substituents is 1. The van der Waals surface area contributed by atoms with Crippen LogP contribution in [0.3, 0.4) is 0 Å². The summed E-state index contributed by atoms with van der Waals surface area (Å²) in [4.78, 5) is 22.4. The molecule has 0 aliphatic carbocycles. The van der Waals surface area contributed by atoms with Crippen LogP contribution in [0.15, 0.2) is 48.5 Å². The number of nitro benzene ring substituents is 1. The van der Waals surface area contributed by atoms with E-state index in [1.807, 2.05) is 0 Å². The van der Waals surface area contributed by atoms with Crippen molar-refractivity contribution in [2.45, 2.75) is 0 Å². The number of phenols is 1. The van der Waals surface area contributed by atoms with Crippen LogP contribution in [-0.4, -0.2) is 22.9 Å². The number of allylic oxidation sites excluding steroid dienone is 1. The molecular formula is C16H13NO5. The second-order valence-corrected chi connectivity index (χ2v) is 4.40. The summed E-state index contributed by atoms with van der Waals surface area (Å²) in [6.07, 6.45) is 2.52. The third-order valence-electron chi connectivity index (χ3n) is 3.00. The van der Waals surface area contributed by atoms with E-state index in [2.05, 4.69) is 0 Å². The summed E-state index contributed by atoms with van der Waals surface area (Å²) in [5, 5.41) is 20.8. The van der Waals surface area contributed by atoms with Crippen LogP contribution in [0.1, 0.15) is 15.9 Å². The highest BCUT2D eigenvalue weighted by molar-refractivity contribution is 6.07. The molecule has 0 saturated carbocycles. The Hall–Kier alpha value is -3.15. The number of benzene rings is 2.